The van der Waals surface area contributed by atoms with Gasteiger partial charge < -0.3 is 10.4 Å². The van der Waals surface area contributed by atoms with Gasteiger partial charge in [-0.1, -0.05) is 30.3 Å². The van der Waals surface area contributed by atoms with Crippen LogP contribution in [0.1, 0.15) is 11.1 Å². The second kappa shape index (κ2) is 11.2. The first-order valence-electron chi connectivity index (χ1n) is 9.48. The summed E-state index contributed by atoms with van der Waals surface area (Å²) in [6.45, 7) is -0.206. The van der Waals surface area contributed by atoms with E-state index in [0.717, 1.165) is 11.1 Å². The Morgan fingerprint density at radius 3 is 2.00 bits per heavy atom. The summed E-state index contributed by atoms with van der Waals surface area (Å²) in [6, 6.07) is 29.1. The van der Waals surface area contributed by atoms with Crippen LogP contribution in [0.2, 0.25) is 0 Å². The van der Waals surface area contributed by atoms with Crippen LogP contribution < -0.4 is 12.5 Å². The van der Waals surface area contributed by atoms with Crippen LogP contribution in [-0.4, -0.2) is 44.5 Å². The molecule has 0 aromatic heterocycles. The number of fused-ring (bicyclic) bond motifs is 1. The van der Waals surface area contributed by atoms with Gasteiger partial charge in [0.15, 0.2) is 5.78 Å². The molecule has 0 aliphatic heterocycles. The molecule has 2 radical (unpaired) electrons. The molecule has 0 spiro atoms. The first-order chi connectivity index (χ1) is 14.6. The maximum absolute atomic E-state index is 11.7. The number of hydrogen-bond acceptors (Lipinski definition) is 3. The van der Waals surface area contributed by atoms with Gasteiger partial charge in [0.2, 0.25) is 0 Å². The van der Waals surface area contributed by atoms with Gasteiger partial charge in [0.1, 0.15) is 6.54 Å². The molecular weight excluding hydrogens is 481 g/mol. The Morgan fingerprint density at radius 1 is 0.833 bits per heavy atom. The summed E-state index contributed by atoms with van der Waals surface area (Å²) in [4.78, 5) is 22.1. The number of benzene rings is 3. The van der Waals surface area contributed by atoms with Gasteiger partial charge in [-0.25, -0.2) is 0 Å². The van der Waals surface area contributed by atoms with Crippen LogP contribution in [0, 0.1) is 0 Å². The SMILES string of the molecule is O=C(O)CN/C=C1\C(=O)C=Cc2ccccc21.c1cc[c]([Sn][c]2ccccc2)cc1. The zero-order valence-electron chi connectivity index (χ0n) is 16.3. The van der Waals surface area contributed by atoms with Crippen molar-refractivity contribution in [3.63, 3.8) is 0 Å². The zero-order chi connectivity index (χ0) is 21.2. The Hall–Kier alpha value is -3.12. The molecule has 30 heavy (non-hydrogen) atoms. The number of ketones is 1. The minimum atomic E-state index is -0.964. The number of nitrogens with one attached hydrogen (secondary N) is 1. The number of carbonyl (C=O) groups is 2. The van der Waals surface area contributed by atoms with Crippen molar-refractivity contribution < 1.29 is 14.7 Å². The second-order valence-corrected chi connectivity index (χ2v) is 10.5. The third-order valence-electron chi connectivity index (χ3n) is 4.27. The molecule has 4 nitrogen and oxygen atoms in total. The topological polar surface area (TPSA) is 66.4 Å². The van der Waals surface area contributed by atoms with E-state index >= 15 is 0 Å². The first kappa shape index (κ1) is 21.6. The second-order valence-electron chi connectivity index (χ2n) is 6.47. The Labute approximate surface area is 186 Å². The van der Waals surface area contributed by atoms with Crippen molar-refractivity contribution in [3.05, 3.63) is 108 Å². The summed E-state index contributed by atoms with van der Waals surface area (Å²) >= 11 is -0.517. The van der Waals surface area contributed by atoms with Gasteiger partial charge in [0.05, 0.1) is 0 Å². The number of hydrogen-bond donors (Lipinski definition) is 2. The number of allylic oxidation sites excluding steroid dienone is 2. The van der Waals surface area contributed by atoms with E-state index in [0.29, 0.717) is 5.57 Å². The molecule has 0 heterocycles. The molecule has 0 amide bonds. The molecule has 0 bridgehead atoms. The van der Waals surface area contributed by atoms with Crippen LogP contribution in [-0.2, 0) is 9.59 Å². The fourth-order valence-electron chi connectivity index (χ4n) is 2.87. The zero-order valence-corrected chi connectivity index (χ0v) is 19.1. The molecule has 3 aromatic rings. The molecule has 2 N–H and O–H groups in total. The van der Waals surface area contributed by atoms with E-state index in [9.17, 15) is 9.59 Å². The number of carboxylic acid groups (broad SMARTS) is 1. The standard InChI is InChI=1S/C13H11NO3.2C6H5.Sn/c15-12-6-5-9-3-1-2-4-10(9)11(12)7-14-8-13(16)17;2*1-2-4-6-5-3-1;/h1-7,14H,8H2,(H,16,17);2*1-5H;/b11-7-;;;. The van der Waals surface area contributed by atoms with Crippen LogP contribution >= 0.6 is 0 Å². The average molecular weight is 502 g/mol. The molecule has 0 unspecified atom stereocenters. The molecule has 0 saturated carbocycles. The van der Waals surface area contributed by atoms with Crippen LogP contribution in [0.5, 0.6) is 0 Å². The number of carboxylic acids is 1. The van der Waals surface area contributed by atoms with Crippen molar-refractivity contribution in [1.82, 2.24) is 5.32 Å². The van der Waals surface area contributed by atoms with Gasteiger partial charge >= 0.3 is 94.9 Å². The summed E-state index contributed by atoms with van der Waals surface area (Å²) in [5.41, 5.74) is 2.26. The van der Waals surface area contributed by atoms with Crippen LogP contribution in [0.3, 0.4) is 0 Å². The van der Waals surface area contributed by atoms with Gasteiger partial charge in [0.25, 0.3) is 0 Å². The van der Waals surface area contributed by atoms with E-state index in [1.165, 1.54) is 19.4 Å². The van der Waals surface area contributed by atoms with Gasteiger partial charge in [-0.2, -0.15) is 0 Å². The van der Waals surface area contributed by atoms with Gasteiger partial charge in [0, 0.05) is 11.8 Å². The van der Waals surface area contributed by atoms with Crippen LogP contribution in [0.15, 0.2) is 97.2 Å². The van der Waals surface area contributed by atoms with E-state index < -0.39 is 27.1 Å². The Bertz CT molecular complexity index is 1020. The molecule has 0 fully saturated rings. The monoisotopic (exact) mass is 503 g/mol. The van der Waals surface area contributed by atoms with Gasteiger partial charge in [-0.15, -0.1) is 0 Å². The third-order valence-corrected chi connectivity index (χ3v) is 7.82. The van der Waals surface area contributed by atoms with Gasteiger partial charge in [-0.05, 0) is 17.2 Å². The molecule has 5 heteroatoms. The Balaban J connectivity index is 0.000000177. The fourth-order valence-corrected chi connectivity index (χ4v) is 5.88. The fraction of sp³-hybridized carbons (Fsp3) is 0.0400. The van der Waals surface area contributed by atoms with Crippen molar-refractivity contribution in [3.8, 4) is 0 Å². The molecule has 1 aliphatic carbocycles. The normalized spacial score (nSPS) is 13.2. The summed E-state index contributed by atoms with van der Waals surface area (Å²) in [7, 11) is 0. The molecular formula is C25H21NO3Sn. The molecule has 3 aromatic carbocycles. The molecule has 148 valence electrons. The van der Waals surface area contributed by atoms with Crippen molar-refractivity contribution in [2.24, 2.45) is 0 Å². The number of carbonyl (C=O) groups excluding carboxylic acids is 1. The summed E-state index contributed by atoms with van der Waals surface area (Å²) in [5.74, 6) is -1.09. The maximum atomic E-state index is 11.7. The Morgan fingerprint density at radius 2 is 1.40 bits per heavy atom. The van der Waals surface area contributed by atoms with Gasteiger partial charge in [-0.3, -0.25) is 9.59 Å². The number of aliphatic carboxylic acids is 1. The van der Waals surface area contributed by atoms with Crippen molar-refractivity contribution in [1.29, 1.82) is 0 Å². The predicted octanol–water partition coefficient (Wildman–Crippen LogP) is 2.64. The average Bonchev–Trinajstić information content (AvgIpc) is 2.77. The van der Waals surface area contributed by atoms with Crippen molar-refractivity contribution in [2.75, 3.05) is 6.54 Å². The molecule has 4 rings (SSSR count). The summed E-state index contributed by atoms with van der Waals surface area (Å²) in [5, 5.41) is 11.1. The van der Waals surface area contributed by atoms with Crippen molar-refractivity contribution >= 4 is 51.7 Å². The summed E-state index contributed by atoms with van der Waals surface area (Å²) < 4.78 is 3.08. The van der Waals surface area contributed by atoms with E-state index in [2.05, 4.69) is 66.0 Å². The third kappa shape index (κ3) is 6.46. The number of rotatable bonds is 5. The van der Waals surface area contributed by atoms with E-state index in [1.807, 2.05) is 24.3 Å². The quantitative estimate of drug-likeness (QED) is 0.416. The van der Waals surface area contributed by atoms with E-state index in [1.54, 1.807) is 6.08 Å². The minimum absolute atomic E-state index is 0.124. The Kier molecular flexibility index (Phi) is 8.03. The van der Waals surface area contributed by atoms with Crippen LogP contribution in [0.25, 0.3) is 11.6 Å². The van der Waals surface area contributed by atoms with E-state index in [4.69, 9.17) is 5.11 Å². The molecule has 1 aliphatic rings. The molecule has 0 saturated heterocycles. The summed E-state index contributed by atoms with van der Waals surface area (Å²) in [6.07, 6.45) is 4.70. The first-order valence-corrected chi connectivity index (χ1v) is 12.3. The van der Waals surface area contributed by atoms with E-state index in [-0.39, 0.29) is 12.3 Å². The van der Waals surface area contributed by atoms with Crippen molar-refractivity contribution in [2.45, 2.75) is 0 Å². The van der Waals surface area contributed by atoms with Crippen LogP contribution in [0.4, 0.5) is 0 Å². The predicted molar refractivity (Wildman–Crippen MR) is 122 cm³/mol. The molecule has 0 atom stereocenters.